The van der Waals surface area contributed by atoms with E-state index in [0.717, 1.165) is 0 Å². The summed E-state index contributed by atoms with van der Waals surface area (Å²) in [4.78, 5) is 0. The molecule has 8 heteroatoms. The third-order valence-electron chi connectivity index (χ3n) is 2.84. The molecule has 0 amide bonds. The minimum absolute atomic E-state index is 0.0762. The van der Waals surface area contributed by atoms with Gasteiger partial charge in [-0.25, -0.2) is 13.2 Å². The Morgan fingerprint density at radius 1 is 0.789 bits per heavy atom. The first-order chi connectivity index (χ1) is 8.67. The number of hydrogen-bond acceptors (Lipinski definition) is 2. The summed E-state index contributed by atoms with van der Waals surface area (Å²) in [6.45, 7) is -0.716. The topological polar surface area (TPSA) is 40.5 Å². The fourth-order valence-electron chi connectivity index (χ4n) is 1.79. The Labute approximate surface area is 107 Å². The van der Waals surface area contributed by atoms with Crippen LogP contribution in [-0.2, 0) is 0 Å². The highest BCUT2D eigenvalue weighted by atomic mass is 19.4. The Morgan fingerprint density at radius 3 is 1.68 bits per heavy atom. The molecule has 0 rings (SSSR count). The summed E-state index contributed by atoms with van der Waals surface area (Å²) in [5, 5.41) is 17.1. The van der Waals surface area contributed by atoms with Crippen molar-refractivity contribution in [1.82, 2.24) is 0 Å². The summed E-state index contributed by atoms with van der Waals surface area (Å²) in [5.74, 6) is -6.33. The lowest BCUT2D eigenvalue weighted by molar-refractivity contribution is -0.259. The molecule has 0 saturated carbocycles. The van der Waals surface area contributed by atoms with Crippen LogP contribution in [0.15, 0.2) is 0 Å². The van der Waals surface area contributed by atoms with E-state index in [-0.39, 0.29) is 32.3 Å². The van der Waals surface area contributed by atoms with E-state index in [9.17, 15) is 26.3 Å². The molecule has 19 heavy (non-hydrogen) atoms. The molecule has 0 bridgehead atoms. The van der Waals surface area contributed by atoms with Gasteiger partial charge in [0.15, 0.2) is 0 Å². The quantitative estimate of drug-likeness (QED) is 0.507. The number of unbranched alkanes of at least 4 members (excludes halogenated alkanes) is 1. The van der Waals surface area contributed by atoms with E-state index in [1.54, 1.807) is 0 Å². The van der Waals surface area contributed by atoms with Crippen molar-refractivity contribution in [2.24, 2.45) is 5.92 Å². The molecule has 0 heterocycles. The molecule has 0 radical (unpaired) electrons. The van der Waals surface area contributed by atoms with Crippen molar-refractivity contribution < 1.29 is 36.6 Å². The van der Waals surface area contributed by atoms with Crippen molar-refractivity contribution in [3.8, 4) is 0 Å². The van der Waals surface area contributed by atoms with Crippen molar-refractivity contribution >= 4 is 0 Å². The highest BCUT2D eigenvalue weighted by Gasteiger charge is 2.59. The van der Waals surface area contributed by atoms with Gasteiger partial charge in [0, 0.05) is 19.1 Å². The van der Waals surface area contributed by atoms with Gasteiger partial charge in [-0.15, -0.1) is 0 Å². The first-order valence-electron chi connectivity index (χ1n) is 5.98. The minimum Gasteiger partial charge on any atom is -0.396 e. The Balaban J connectivity index is 4.77. The van der Waals surface area contributed by atoms with E-state index in [2.05, 4.69) is 0 Å². The number of aliphatic hydroxyl groups excluding tert-OH is 2. The van der Waals surface area contributed by atoms with Crippen molar-refractivity contribution in [2.75, 3.05) is 13.2 Å². The molecule has 0 aromatic rings. The van der Waals surface area contributed by atoms with E-state index >= 15 is 0 Å². The molecule has 2 atom stereocenters. The van der Waals surface area contributed by atoms with Crippen LogP contribution in [0, 0.1) is 5.92 Å². The fraction of sp³-hybridized carbons (Fsp3) is 1.00. The SMILES string of the molecule is OCCCCC(CCCO)C(F)(F)C(F)C(F)(F)F. The van der Waals surface area contributed by atoms with Crippen LogP contribution in [0.25, 0.3) is 0 Å². The van der Waals surface area contributed by atoms with Crippen LogP contribution in [0.1, 0.15) is 32.1 Å². The Bertz CT molecular complexity index is 244. The molecule has 2 N–H and O–H groups in total. The minimum atomic E-state index is -5.61. The van der Waals surface area contributed by atoms with Gasteiger partial charge in [0.2, 0.25) is 0 Å². The van der Waals surface area contributed by atoms with Gasteiger partial charge in [0.1, 0.15) is 0 Å². The zero-order valence-electron chi connectivity index (χ0n) is 10.3. The Hall–Kier alpha value is -0.500. The van der Waals surface area contributed by atoms with Gasteiger partial charge in [0.05, 0.1) is 0 Å². The lowest BCUT2D eigenvalue weighted by Gasteiger charge is -2.30. The van der Waals surface area contributed by atoms with E-state index < -0.39 is 37.2 Å². The largest absolute Gasteiger partial charge is 0.425 e. The second-order valence-corrected chi connectivity index (χ2v) is 4.36. The third kappa shape index (κ3) is 5.99. The molecule has 0 aliphatic carbocycles. The molecule has 0 spiro atoms. The van der Waals surface area contributed by atoms with Crippen molar-refractivity contribution in [3.05, 3.63) is 0 Å². The second kappa shape index (κ2) is 7.94. The van der Waals surface area contributed by atoms with Gasteiger partial charge in [-0.05, 0) is 25.7 Å². The number of alkyl halides is 6. The van der Waals surface area contributed by atoms with Crippen molar-refractivity contribution in [3.63, 3.8) is 0 Å². The van der Waals surface area contributed by atoms with Crippen LogP contribution in [0.5, 0.6) is 0 Å². The molecule has 0 saturated heterocycles. The van der Waals surface area contributed by atoms with E-state index in [4.69, 9.17) is 10.2 Å². The number of halogens is 6. The van der Waals surface area contributed by atoms with Gasteiger partial charge in [-0.1, -0.05) is 6.42 Å². The summed E-state index contributed by atoms with van der Waals surface area (Å²) in [5.41, 5.74) is 0. The van der Waals surface area contributed by atoms with E-state index in [1.807, 2.05) is 0 Å². The Morgan fingerprint density at radius 2 is 1.26 bits per heavy atom. The number of rotatable bonds is 9. The summed E-state index contributed by atoms with van der Waals surface area (Å²) in [7, 11) is 0. The molecule has 0 aliphatic heterocycles. The van der Waals surface area contributed by atoms with Gasteiger partial charge >= 0.3 is 6.18 Å². The highest BCUT2D eigenvalue weighted by molar-refractivity contribution is 4.89. The summed E-state index contributed by atoms with van der Waals surface area (Å²) < 4.78 is 76.1. The smallest absolute Gasteiger partial charge is 0.396 e. The van der Waals surface area contributed by atoms with Crippen LogP contribution in [0.3, 0.4) is 0 Å². The first kappa shape index (κ1) is 18.5. The molecular formula is C11H18F6O2. The average Bonchev–Trinajstić information content (AvgIpc) is 2.31. The van der Waals surface area contributed by atoms with Crippen LogP contribution in [0.4, 0.5) is 26.3 Å². The maximum Gasteiger partial charge on any atom is 0.425 e. The molecule has 0 aromatic heterocycles. The van der Waals surface area contributed by atoms with Crippen molar-refractivity contribution in [1.29, 1.82) is 0 Å². The van der Waals surface area contributed by atoms with Crippen LogP contribution in [-0.4, -0.2) is 41.7 Å². The van der Waals surface area contributed by atoms with Crippen molar-refractivity contribution in [2.45, 2.75) is 50.4 Å². The molecule has 2 unspecified atom stereocenters. The van der Waals surface area contributed by atoms with Crippen LogP contribution >= 0.6 is 0 Å². The summed E-state index contributed by atoms with van der Waals surface area (Å²) in [6, 6.07) is 0. The molecular weight excluding hydrogens is 278 g/mol. The van der Waals surface area contributed by atoms with Gasteiger partial charge in [-0.3, -0.25) is 0 Å². The fourth-order valence-corrected chi connectivity index (χ4v) is 1.79. The van der Waals surface area contributed by atoms with Crippen LogP contribution in [0.2, 0.25) is 0 Å². The molecule has 2 nitrogen and oxygen atoms in total. The predicted octanol–water partition coefficient (Wildman–Crippen LogP) is 3.07. The third-order valence-corrected chi connectivity index (χ3v) is 2.84. The normalized spacial score (nSPS) is 16.4. The maximum absolute atomic E-state index is 13.5. The standard InChI is InChI=1S/C11H18F6O2/c12-9(11(15,16)17)10(13,14)8(5-3-7-19)4-1-2-6-18/h8-9,18-19H,1-7H2. The van der Waals surface area contributed by atoms with Gasteiger partial charge in [0.25, 0.3) is 12.1 Å². The van der Waals surface area contributed by atoms with Gasteiger partial charge < -0.3 is 10.2 Å². The summed E-state index contributed by atoms with van der Waals surface area (Å²) >= 11 is 0. The Kier molecular flexibility index (Phi) is 7.73. The number of aliphatic hydroxyl groups is 2. The van der Waals surface area contributed by atoms with Gasteiger partial charge in [-0.2, -0.15) is 13.2 Å². The van der Waals surface area contributed by atoms with E-state index in [0.29, 0.717) is 0 Å². The lowest BCUT2D eigenvalue weighted by atomic mass is 9.87. The molecule has 0 aromatic carbocycles. The molecule has 0 aliphatic rings. The zero-order valence-corrected chi connectivity index (χ0v) is 10.3. The predicted molar refractivity (Wildman–Crippen MR) is 56.6 cm³/mol. The first-order valence-corrected chi connectivity index (χ1v) is 5.98. The highest BCUT2D eigenvalue weighted by Crippen LogP contribution is 2.43. The second-order valence-electron chi connectivity index (χ2n) is 4.36. The van der Waals surface area contributed by atoms with Crippen LogP contribution < -0.4 is 0 Å². The average molecular weight is 296 g/mol. The number of hydrogen-bond donors (Lipinski definition) is 2. The monoisotopic (exact) mass is 296 g/mol. The molecule has 0 fully saturated rings. The van der Waals surface area contributed by atoms with E-state index in [1.165, 1.54) is 0 Å². The zero-order chi connectivity index (χ0) is 15.1. The maximum atomic E-state index is 13.5. The molecule has 116 valence electrons. The summed E-state index contributed by atoms with van der Waals surface area (Å²) in [6.07, 6.45) is -10.4. The lowest BCUT2D eigenvalue weighted by Crippen LogP contribution is -2.46.